The maximum Gasteiger partial charge on any atom is -0.00239 e. The summed E-state index contributed by atoms with van der Waals surface area (Å²) in [6.07, 6.45) is 0. The topological polar surface area (TPSA) is 0 Å². The van der Waals surface area contributed by atoms with Crippen molar-refractivity contribution in [2.75, 3.05) is 0 Å². The zero-order valence-electron chi connectivity index (χ0n) is 10.6. The van der Waals surface area contributed by atoms with Crippen LogP contribution in [0.3, 0.4) is 0 Å². The van der Waals surface area contributed by atoms with Crippen molar-refractivity contribution >= 4 is 32.3 Å². The third-order valence-corrected chi connectivity index (χ3v) is 4.04. The van der Waals surface area contributed by atoms with E-state index in [1.165, 1.54) is 43.4 Å². The van der Waals surface area contributed by atoms with E-state index in [9.17, 15) is 0 Å². The predicted octanol–water partition coefficient (Wildman–Crippen LogP) is 5.20. The molecule has 0 spiro atoms. The Morgan fingerprint density at radius 1 is 0.611 bits per heavy atom. The molecule has 0 unspecified atom stereocenters. The smallest absolute Gasteiger partial charge is 0.00239 e. The fourth-order valence-corrected chi connectivity index (χ4v) is 3.22. The normalized spacial score (nSPS) is 11.9. The molecule has 0 aliphatic carbocycles. The molecule has 18 heavy (non-hydrogen) atoms. The van der Waals surface area contributed by atoms with Crippen LogP contribution in [0.5, 0.6) is 0 Å². The second kappa shape index (κ2) is 3.23. The molecule has 0 heteroatoms. The molecule has 0 aliphatic rings. The highest BCUT2D eigenvalue weighted by molar-refractivity contribution is 6.24. The molecule has 0 aliphatic heterocycles. The van der Waals surface area contributed by atoms with Crippen LogP contribution in [-0.4, -0.2) is 0 Å². The van der Waals surface area contributed by atoms with Gasteiger partial charge in [-0.3, -0.25) is 0 Å². The SMILES string of the molecule is Cc1cc2cccc3c(C)cc4cccc1c4c23. The zero-order valence-corrected chi connectivity index (χ0v) is 10.6. The van der Waals surface area contributed by atoms with Gasteiger partial charge >= 0.3 is 0 Å². The van der Waals surface area contributed by atoms with E-state index >= 15 is 0 Å². The van der Waals surface area contributed by atoms with Gasteiger partial charge in [0.25, 0.3) is 0 Å². The summed E-state index contributed by atoms with van der Waals surface area (Å²) in [4.78, 5) is 0. The summed E-state index contributed by atoms with van der Waals surface area (Å²) >= 11 is 0. The molecule has 4 rings (SSSR count). The number of hydrogen-bond acceptors (Lipinski definition) is 0. The van der Waals surface area contributed by atoms with Crippen LogP contribution in [0.15, 0.2) is 48.5 Å². The van der Waals surface area contributed by atoms with E-state index in [0.717, 1.165) is 0 Å². The molecule has 0 radical (unpaired) electrons. The number of benzene rings is 4. The first kappa shape index (κ1) is 9.90. The number of aryl methyl sites for hydroxylation is 2. The molecular weight excluding hydrogens is 216 g/mol. The van der Waals surface area contributed by atoms with E-state index in [-0.39, 0.29) is 0 Å². The van der Waals surface area contributed by atoms with Crippen molar-refractivity contribution in [1.82, 2.24) is 0 Å². The molecule has 0 aromatic heterocycles. The van der Waals surface area contributed by atoms with Gasteiger partial charge in [0, 0.05) is 0 Å². The van der Waals surface area contributed by atoms with E-state index in [0.29, 0.717) is 0 Å². The summed E-state index contributed by atoms with van der Waals surface area (Å²) < 4.78 is 0. The van der Waals surface area contributed by atoms with E-state index in [4.69, 9.17) is 0 Å². The lowest BCUT2D eigenvalue weighted by Gasteiger charge is -2.14. The van der Waals surface area contributed by atoms with Gasteiger partial charge in [0.15, 0.2) is 0 Å². The van der Waals surface area contributed by atoms with Crippen LogP contribution in [0.1, 0.15) is 11.1 Å². The first-order valence-corrected chi connectivity index (χ1v) is 6.39. The summed E-state index contributed by atoms with van der Waals surface area (Å²) in [5.41, 5.74) is 2.73. The highest BCUT2D eigenvalue weighted by Gasteiger charge is 2.10. The summed E-state index contributed by atoms with van der Waals surface area (Å²) in [5, 5.41) is 8.34. The molecule has 0 heterocycles. The van der Waals surface area contributed by atoms with Crippen molar-refractivity contribution in [3.05, 3.63) is 59.7 Å². The van der Waals surface area contributed by atoms with Crippen LogP contribution >= 0.6 is 0 Å². The molecular formula is C18H14. The minimum absolute atomic E-state index is 1.36. The van der Waals surface area contributed by atoms with Gasteiger partial charge in [-0.2, -0.15) is 0 Å². The molecule has 4 aromatic rings. The van der Waals surface area contributed by atoms with Crippen LogP contribution < -0.4 is 0 Å². The van der Waals surface area contributed by atoms with Crippen molar-refractivity contribution in [2.24, 2.45) is 0 Å². The molecule has 0 nitrogen and oxygen atoms in total. The first-order valence-electron chi connectivity index (χ1n) is 6.39. The molecule has 0 saturated carbocycles. The van der Waals surface area contributed by atoms with Gasteiger partial charge < -0.3 is 0 Å². The lowest BCUT2D eigenvalue weighted by atomic mass is 9.90. The summed E-state index contributed by atoms with van der Waals surface area (Å²) in [6.45, 7) is 4.41. The van der Waals surface area contributed by atoms with Gasteiger partial charge in [-0.1, -0.05) is 48.5 Å². The molecule has 86 valence electrons. The number of rotatable bonds is 0. The predicted molar refractivity (Wildman–Crippen MR) is 79.6 cm³/mol. The highest BCUT2D eigenvalue weighted by Crippen LogP contribution is 2.37. The fourth-order valence-electron chi connectivity index (χ4n) is 3.22. The third kappa shape index (κ3) is 1.10. The monoisotopic (exact) mass is 230 g/mol. The minimum Gasteiger partial charge on any atom is -0.0610 e. The molecule has 0 fully saturated rings. The Morgan fingerprint density at radius 3 is 1.50 bits per heavy atom. The molecule has 4 aromatic carbocycles. The third-order valence-electron chi connectivity index (χ3n) is 4.04. The average molecular weight is 230 g/mol. The Morgan fingerprint density at radius 2 is 1.06 bits per heavy atom. The molecule has 0 saturated heterocycles. The zero-order chi connectivity index (χ0) is 12.3. The van der Waals surface area contributed by atoms with E-state index in [1.807, 2.05) is 0 Å². The van der Waals surface area contributed by atoms with Crippen LogP contribution in [0.4, 0.5) is 0 Å². The van der Waals surface area contributed by atoms with Crippen molar-refractivity contribution in [2.45, 2.75) is 13.8 Å². The van der Waals surface area contributed by atoms with Crippen LogP contribution in [-0.2, 0) is 0 Å². The summed E-state index contributed by atoms with van der Waals surface area (Å²) in [5.74, 6) is 0. The average Bonchev–Trinajstić information content (AvgIpc) is 2.38. The lowest BCUT2D eigenvalue weighted by Crippen LogP contribution is -1.88. The van der Waals surface area contributed by atoms with Crippen LogP contribution in [0.25, 0.3) is 32.3 Å². The second-order valence-electron chi connectivity index (χ2n) is 5.19. The van der Waals surface area contributed by atoms with Gasteiger partial charge in [-0.15, -0.1) is 0 Å². The molecule has 0 bridgehead atoms. The quantitative estimate of drug-likeness (QED) is 0.364. The van der Waals surface area contributed by atoms with Gasteiger partial charge in [-0.25, -0.2) is 0 Å². The number of hydrogen-bond donors (Lipinski definition) is 0. The maximum atomic E-state index is 2.31. The van der Waals surface area contributed by atoms with Gasteiger partial charge in [0.05, 0.1) is 0 Å². The van der Waals surface area contributed by atoms with E-state index < -0.39 is 0 Å². The molecule has 0 amide bonds. The van der Waals surface area contributed by atoms with Crippen molar-refractivity contribution in [1.29, 1.82) is 0 Å². The van der Waals surface area contributed by atoms with Crippen molar-refractivity contribution in [3.63, 3.8) is 0 Å². The van der Waals surface area contributed by atoms with Gasteiger partial charge in [0.1, 0.15) is 0 Å². The first-order chi connectivity index (χ1) is 8.75. The Balaban J connectivity index is 2.50. The highest BCUT2D eigenvalue weighted by atomic mass is 14.1. The van der Waals surface area contributed by atoms with E-state index in [2.05, 4.69) is 62.4 Å². The van der Waals surface area contributed by atoms with Crippen molar-refractivity contribution < 1.29 is 0 Å². The van der Waals surface area contributed by atoms with E-state index in [1.54, 1.807) is 0 Å². The van der Waals surface area contributed by atoms with Crippen LogP contribution in [0, 0.1) is 13.8 Å². The summed E-state index contributed by atoms with van der Waals surface area (Å²) in [6, 6.07) is 17.9. The Kier molecular flexibility index (Phi) is 1.78. The molecule has 0 N–H and O–H groups in total. The maximum absolute atomic E-state index is 2.31. The minimum atomic E-state index is 1.36. The van der Waals surface area contributed by atoms with Crippen LogP contribution in [0.2, 0.25) is 0 Å². The van der Waals surface area contributed by atoms with Gasteiger partial charge in [0.2, 0.25) is 0 Å². The van der Waals surface area contributed by atoms with Crippen molar-refractivity contribution in [3.8, 4) is 0 Å². The fraction of sp³-hybridized carbons (Fsp3) is 0.111. The molecule has 0 atom stereocenters. The second-order valence-corrected chi connectivity index (χ2v) is 5.19. The Hall–Kier alpha value is -2.08. The largest absolute Gasteiger partial charge is 0.0610 e. The Labute approximate surface area is 106 Å². The summed E-state index contributed by atoms with van der Waals surface area (Å²) in [7, 11) is 0. The standard InChI is InChI=1S/C18H14/c1-11-9-13-5-4-8-16-12(2)10-14-6-3-7-15(11)17(14)18(13)16/h3-10H,1-2H3. The van der Waals surface area contributed by atoms with Gasteiger partial charge in [-0.05, 0) is 57.3 Å². The Bertz CT molecular complexity index is 809. The lowest BCUT2D eigenvalue weighted by molar-refractivity contribution is 1.53.